The molecule has 1 aliphatic heterocycles. The van der Waals surface area contributed by atoms with Gasteiger partial charge in [-0.1, -0.05) is 24.6 Å². The smallest absolute Gasteiger partial charge is 0.270 e. The molecule has 1 atom stereocenters. The van der Waals surface area contributed by atoms with E-state index < -0.39 is 23.0 Å². The maximum absolute atomic E-state index is 11.8. The van der Waals surface area contributed by atoms with Crippen LogP contribution in [0.1, 0.15) is 19.3 Å². The second kappa shape index (κ2) is 7.75. The largest absolute Gasteiger partial charge is 0.337 e. The van der Waals surface area contributed by atoms with Gasteiger partial charge in [0, 0.05) is 13.1 Å². The summed E-state index contributed by atoms with van der Waals surface area (Å²) in [6.07, 6.45) is 3.19. The van der Waals surface area contributed by atoms with Gasteiger partial charge in [0.2, 0.25) is 0 Å². The summed E-state index contributed by atoms with van der Waals surface area (Å²) in [6, 6.07) is 7.05. The van der Waals surface area contributed by atoms with Crippen LogP contribution in [0.3, 0.4) is 0 Å². The molecule has 0 aliphatic carbocycles. The molecule has 1 heterocycles. The minimum absolute atomic E-state index is 0.462. The van der Waals surface area contributed by atoms with Crippen LogP contribution in [-0.4, -0.2) is 34.4 Å². The molecule has 21 heavy (non-hydrogen) atoms. The molecule has 8 heteroatoms. The Balaban J connectivity index is 1.76. The van der Waals surface area contributed by atoms with Crippen LogP contribution in [0, 0.1) is 0 Å². The zero-order chi connectivity index (χ0) is 15.1. The number of hydrogen-bond donors (Lipinski definition) is 3. The van der Waals surface area contributed by atoms with Crippen LogP contribution in [0.15, 0.2) is 35.2 Å². The van der Waals surface area contributed by atoms with Gasteiger partial charge in [-0.3, -0.25) is 15.5 Å². The van der Waals surface area contributed by atoms with Crippen LogP contribution >= 0.6 is 0 Å². The molecule has 0 spiro atoms. The van der Waals surface area contributed by atoms with E-state index in [4.69, 9.17) is 0 Å². The van der Waals surface area contributed by atoms with E-state index >= 15 is 0 Å². The zero-order valence-corrected chi connectivity index (χ0v) is 12.3. The Hall–Kier alpha value is -1.93. The van der Waals surface area contributed by atoms with Gasteiger partial charge in [-0.05, 0) is 25.0 Å². The van der Waals surface area contributed by atoms with E-state index in [-0.39, 0.29) is 0 Å². The molecule has 2 rings (SSSR count). The quantitative estimate of drug-likeness (QED) is 0.780. The standard InChI is InChI=1S/C13H18N4O3S/c18-12(15-17-9-5-2-6-10-17)14-13(19)16-21(20)11-7-3-1-4-8-11/h1,3-4,7-8H,2,5-6,9-10H2,(H3,14,15,16,18,19). The summed E-state index contributed by atoms with van der Waals surface area (Å²) in [5, 5.41) is 3.86. The molecule has 7 nitrogen and oxygen atoms in total. The first-order valence-corrected chi connectivity index (χ1v) is 7.90. The Bertz CT molecular complexity index is 517. The molecule has 0 radical (unpaired) electrons. The highest BCUT2D eigenvalue weighted by molar-refractivity contribution is 7.83. The Labute approximate surface area is 125 Å². The highest BCUT2D eigenvalue weighted by Crippen LogP contribution is 2.05. The van der Waals surface area contributed by atoms with E-state index in [2.05, 4.69) is 15.5 Å². The van der Waals surface area contributed by atoms with Crippen molar-refractivity contribution in [2.24, 2.45) is 0 Å². The summed E-state index contributed by atoms with van der Waals surface area (Å²) in [4.78, 5) is 23.7. The Kier molecular flexibility index (Phi) is 5.70. The van der Waals surface area contributed by atoms with Gasteiger partial charge in [0.1, 0.15) is 0 Å². The van der Waals surface area contributed by atoms with E-state index in [1.165, 1.54) is 0 Å². The number of benzene rings is 1. The molecule has 1 aromatic rings. The molecular weight excluding hydrogens is 292 g/mol. The molecular formula is C13H18N4O3S. The molecule has 3 N–H and O–H groups in total. The minimum atomic E-state index is -1.69. The second-order valence-corrected chi connectivity index (χ2v) is 5.84. The molecule has 114 valence electrons. The molecule has 1 fully saturated rings. The maximum atomic E-state index is 11.8. The van der Waals surface area contributed by atoms with Crippen LogP contribution in [0.4, 0.5) is 9.59 Å². The first kappa shape index (κ1) is 15.5. The van der Waals surface area contributed by atoms with Crippen molar-refractivity contribution in [2.45, 2.75) is 24.2 Å². The normalized spacial score (nSPS) is 16.8. The van der Waals surface area contributed by atoms with Gasteiger partial charge in [-0.15, -0.1) is 0 Å². The van der Waals surface area contributed by atoms with Gasteiger partial charge >= 0.3 is 12.1 Å². The monoisotopic (exact) mass is 310 g/mol. The third-order valence-electron chi connectivity index (χ3n) is 2.99. The van der Waals surface area contributed by atoms with Crippen molar-refractivity contribution in [3.8, 4) is 0 Å². The third kappa shape index (κ3) is 5.16. The van der Waals surface area contributed by atoms with E-state index in [1.807, 2.05) is 0 Å². The van der Waals surface area contributed by atoms with Gasteiger partial charge in [-0.25, -0.2) is 18.8 Å². The summed E-state index contributed by atoms with van der Waals surface area (Å²) < 4.78 is 14.0. The predicted octanol–water partition coefficient (Wildman–Crippen LogP) is 1.12. The maximum Gasteiger partial charge on any atom is 0.337 e. The molecule has 4 amide bonds. The number of carbonyl (C=O) groups excluding carboxylic acids is 2. The van der Waals surface area contributed by atoms with Crippen molar-refractivity contribution in [2.75, 3.05) is 13.1 Å². The van der Waals surface area contributed by atoms with Crippen molar-refractivity contribution >= 4 is 23.0 Å². The molecule has 0 aromatic heterocycles. The van der Waals surface area contributed by atoms with Crippen molar-refractivity contribution < 1.29 is 13.8 Å². The molecule has 1 saturated heterocycles. The Morgan fingerprint density at radius 2 is 1.67 bits per heavy atom. The van der Waals surface area contributed by atoms with Crippen LogP contribution < -0.4 is 15.5 Å². The lowest BCUT2D eigenvalue weighted by molar-refractivity contribution is 0.155. The van der Waals surface area contributed by atoms with Crippen LogP contribution in [0.2, 0.25) is 0 Å². The Morgan fingerprint density at radius 1 is 1.00 bits per heavy atom. The average Bonchev–Trinajstić information content (AvgIpc) is 2.48. The predicted molar refractivity (Wildman–Crippen MR) is 78.5 cm³/mol. The number of nitrogens with one attached hydrogen (secondary N) is 3. The van der Waals surface area contributed by atoms with Crippen molar-refractivity contribution in [3.05, 3.63) is 30.3 Å². The lowest BCUT2D eigenvalue weighted by Crippen LogP contribution is -2.52. The van der Waals surface area contributed by atoms with Crippen molar-refractivity contribution in [1.82, 2.24) is 20.5 Å². The molecule has 1 aromatic carbocycles. The fourth-order valence-corrected chi connectivity index (χ4v) is 2.73. The highest BCUT2D eigenvalue weighted by Gasteiger charge is 2.15. The van der Waals surface area contributed by atoms with E-state index in [1.54, 1.807) is 35.3 Å². The van der Waals surface area contributed by atoms with Crippen LogP contribution in [0.5, 0.6) is 0 Å². The van der Waals surface area contributed by atoms with Crippen molar-refractivity contribution in [1.29, 1.82) is 0 Å². The van der Waals surface area contributed by atoms with Crippen molar-refractivity contribution in [3.63, 3.8) is 0 Å². The lowest BCUT2D eigenvalue weighted by Gasteiger charge is -2.26. The van der Waals surface area contributed by atoms with Crippen LogP contribution in [0.25, 0.3) is 0 Å². The summed E-state index contributed by atoms with van der Waals surface area (Å²) >= 11 is 0. The van der Waals surface area contributed by atoms with Gasteiger partial charge in [-0.2, -0.15) is 0 Å². The van der Waals surface area contributed by atoms with Crippen LogP contribution in [-0.2, 0) is 11.0 Å². The topological polar surface area (TPSA) is 90.5 Å². The number of piperidine rings is 1. The number of imide groups is 1. The van der Waals surface area contributed by atoms with E-state index in [0.717, 1.165) is 32.4 Å². The second-order valence-electron chi connectivity index (χ2n) is 4.63. The lowest BCUT2D eigenvalue weighted by atomic mass is 10.2. The molecule has 0 bridgehead atoms. The number of nitrogens with zero attached hydrogens (tertiary/aromatic N) is 1. The number of amides is 4. The minimum Gasteiger partial charge on any atom is -0.270 e. The highest BCUT2D eigenvalue weighted by atomic mass is 32.2. The first-order valence-electron chi connectivity index (χ1n) is 6.75. The van der Waals surface area contributed by atoms with E-state index in [9.17, 15) is 13.8 Å². The fraction of sp³-hybridized carbons (Fsp3) is 0.385. The first-order chi connectivity index (χ1) is 10.1. The van der Waals surface area contributed by atoms with Gasteiger partial charge < -0.3 is 0 Å². The third-order valence-corrected chi connectivity index (χ3v) is 4.06. The number of hydrogen-bond acceptors (Lipinski definition) is 4. The van der Waals surface area contributed by atoms with Gasteiger partial charge in [0.05, 0.1) is 4.90 Å². The van der Waals surface area contributed by atoms with Gasteiger partial charge in [0.15, 0.2) is 11.0 Å². The average molecular weight is 310 g/mol. The van der Waals surface area contributed by atoms with Gasteiger partial charge in [0.25, 0.3) is 0 Å². The molecule has 1 unspecified atom stereocenters. The summed E-state index contributed by atoms with van der Waals surface area (Å²) in [6.45, 7) is 1.54. The fourth-order valence-electron chi connectivity index (χ4n) is 1.99. The number of hydrazine groups is 1. The number of carbonyl (C=O) groups is 2. The summed E-state index contributed by atoms with van der Waals surface area (Å²) in [5.74, 6) is 0. The summed E-state index contributed by atoms with van der Waals surface area (Å²) in [5.41, 5.74) is 2.59. The van der Waals surface area contributed by atoms with E-state index in [0.29, 0.717) is 4.90 Å². The number of rotatable bonds is 3. The molecule has 1 aliphatic rings. The summed E-state index contributed by atoms with van der Waals surface area (Å²) in [7, 11) is -1.69. The SMILES string of the molecule is O=C(NC(=O)NS(=O)c1ccccc1)NN1CCCCC1. The number of urea groups is 2. The Morgan fingerprint density at radius 3 is 2.33 bits per heavy atom. The molecule has 0 saturated carbocycles. The zero-order valence-electron chi connectivity index (χ0n) is 11.5.